The summed E-state index contributed by atoms with van der Waals surface area (Å²) >= 11 is 9.02. The van der Waals surface area contributed by atoms with Crippen LogP contribution in [0.25, 0.3) is 0 Å². The average Bonchev–Trinajstić information content (AvgIpc) is 2.83. The molecule has 0 bridgehead atoms. The van der Waals surface area contributed by atoms with Gasteiger partial charge in [-0.2, -0.15) is 0 Å². The molecule has 0 saturated heterocycles. The number of hydrogen-bond donors (Lipinski definition) is 1. The molecule has 1 aromatic heterocycles. The van der Waals surface area contributed by atoms with E-state index in [4.69, 9.17) is 16.3 Å². The zero-order valence-corrected chi connectivity index (χ0v) is 13.7. The van der Waals surface area contributed by atoms with Gasteiger partial charge in [0.25, 0.3) is 0 Å². The Bertz CT molecular complexity index is 531. The van der Waals surface area contributed by atoms with Crippen LogP contribution in [0, 0.1) is 0 Å². The molecular weight excluding hydrogens is 314 g/mol. The fraction of sp³-hybridized carbons (Fsp3) is 0.385. The molecular formula is C13H16ClN3OS2. The van der Waals surface area contributed by atoms with Gasteiger partial charge in [0.15, 0.2) is 4.34 Å². The number of halogens is 1. The Morgan fingerprint density at radius 2 is 2.05 bits per heavy atom. The maximum atomic E-state index is 5.81. The van der Waals surface area contributed by atoms with Crippen LogP contribution in [0.15, 0.2) is 28.6 Å². The summed E-state index contributed by atoms with van der Waals surface area (Å²) in [5.74, 6) is 1.66. The van der Waals surface area contributed by atoms with Crippen molar-refractivity contribution < 1.29 is 4.74 Å². The van der Waals surface area contributed by atoms with E-state index in [0.29, 0.717) is 17.7 Å². The predicted molar refractivity (Wildman–Crippen MR) is 86.3 cm³/mol. The Balaban J connectivity index is 1.70. The molecule has 2 aromatic rings. The maximum absolute atomic E-state index is 5.81. The third-order valence-corrected chi connectivity index (χ3v) is 4.41. The molecule has 0 aliphatic heterocycles. The predicted octanol–water partition coefficient (Wildman–Crippen LogP) is 4.18. The first kappa shape index (κ1) is 15.4. The number of rotatable bonds is 7. The maximum Gasteiger partial charge on any atom is 0.206 e. The number of aromatic nitrogens is 2. The minimum atomic E-state index is 0.369. The molecule has 20 heavy (non-hydrogen) atoms. The minimum Gasteiger partial charge on any atom is -0.493 e. The number of nitrogens with one attached hydrogen (secondary N) is 1. The molecule has 0 amide bonds. The van der Waals surface area contributed by atoms with Crippen LogP contribution >= 0.6 is 34.7 Å². The van der Waals surface area contributed by atoms with Crippen LogP contribution < -0.4 is 10.1 Å². The van der Waals surface area contributed by atoms with E-state index < -0.39 is 0 Å². The normalized spacial score (nSPS) is 10.8. The lowest BCUT2D eigenvalue weighted by molar-refractivity contribution is 0.344. The molecule has 1 heterocycles. The van der Waals surface area contributed by atoms with Gasteiger partial charge in [-0.3, -0.25) is 0 Å². The van der Waals surface area contributed by atoms with Crippen LogP contribution in [0.5, 0.6) is 5.75 Å². The smallest absolute Gasteiger partial charge is 0.206 e. The van der Waals surface area contributed by atoms with Crippen molar-refractivity contribution in [3.63, 3.8) is 0 Å². The van der Waals surface area contributed by atoms with Gasteiger partial charge in [-0.25, -0.2) is 0 Å². The summed E-state index contributed by atoms with van der Waals surface area (Å²) in [6.45, 7) is 4.78. The second kappa shape index (κ2) is 7.71. The summed E-state index contributed by atoms with van der Waals surface area (Å²) < 4.78 is 6.57. The first-order chi connectivity index (χ1) is 9.63. The van der Waals surface area contributed by atoms with Gasteiger partial charge in [-0.1, -0.05) is 34.7 Å². The number of hydrogen-bond acceptors (Lipinski definition) is 6. The Hall–Kier alpha value is -0.980. The molecule has 1 aromatic carbocycles. The van der Waals surface area contributed by atoms with Gasteiger partial charge in [0, 0.05) is 16.8 Å². The lowest BCUT2D eigenvalue weighted by Gasteiger charge is -2.04. The Labute approximate surface area is 131 Å². The van der Waals surface area contributed by atoms with Crippen molar-refractivity contribution in [2.75, 3.05) is 17.7 Å². The van der Waals surface area contributed by atoms with E-state index in [1.165, 1.54) is 0 Å². The van der Waals surface area contributed by atoms with Crippen molar-refractivity contribution in [3.8, 4) is 5.75 Å². The van der Waals surface area contributed by atoms with Crippen molar-refractivity contribution in [1.82, 2.24) is 10.2 Å². The van der Waals surface area contributed by atoms with E-state index in [-0.39, 0.29) is 0 Å². The van der Waals surface area contributed by atoms with Crippen molar-refractivity contribution >= 4 is 39.8 Å². The van der Waals surface area contributed by atoms with Gasteiger partial charge < -0.3 is 10.1 Å². The zero-order chi connectivity index (χ0) is 14.4. The van der Waals surface area contributed by atoms with Crippen molar-refractivity contribution in [2.45, 2.75) is 24.2 Å². The van der Waals surface area contributed by atoms with E-state index in [2.05, 4.69) is 29.4 Å². The number of anilines is 1. The summed E-state index contributed by atoms with van der Waals surface area (Å²) in [5.41, 5.74) is 0. The molecule has 0 radical (unpaired) electrons. The van der Waals surface area contributed by atoms with Crippen LogP contribution in [0.2, 0.25) is 5.02 Å². The molecule has 0 aliphatic carbocycles. The highest BCUT2D eigenvalue weighted by Gasteiger charge is 2.05. The Morgan fingerprint density at radius 3 is 2.75 bits per heavy atom. The molecule has 108 valence electrons. The average molecular weight is 330 g/mol. The lowest BCUT2D eigenvalue weighted by Crippen LogP contribution is -2.08. The fourth-order valence-corrected chi connectivity index (χ4v) is 3.30. The van der Waals surface area contributed by atoms with Gasteiger partial charge in [0.1, 0.15) is 5.75 Å². The standard InChI is InChI=1S/C13H16ClN3OS2/c1-9(2)15-12-16-17-13(20-12)19-8-7-18-11-5-3-10(14)4-6-11/h3-6,9H,7-8H2,1-2H3,(H,15,16). The van der Waals surface area contributed by atoms with Crippen LogP contribution in [-0.4, -0.2) is 28.6 Å². The van der Waals surface area contributed by atoms with Crippen molar-refractivity contribution in [3.05, 3.63) is 29.3 Å². The highest BCUT2D eigenvalue weighted by Crippen LogP contribution is 2.25. The van der Waals surface area contributed by atoms with E-state index in [1.54, 1.807) is 23.1 Å². The zero-order valence-electron chi connectivity index (χ0n) is 11.3. The molecule has 2 rings (SSSR count). The molecule has 0 unspecified atom stereocenters. The molecule has 1 N–H and O–H groups in total. The van der Waals surface area contributed by atoms with E-state index in [0.717, 1.165) is 21.0 Å². The van der Waals surface area contributed by atoms with Crippen molar-refractivity contribution in [2.24, 2.45) is 0 Å². The third-order valence-electron chi connectivity index (χ3n) is 2.21. The van der Waals surface area contributed by atoms with Crippen LogP contribution in [0.4, 0.5) is 5.13 Å². The summed E-state index contributed by atoms with van der Waals surface area (Å²) in [7, 11) is 0. The van der Waals surface area contributed by atoms with E-state index >= 15 is 0 Å². The van der Waals surface area contributed by atoms with Gasteiger partial charge in [0.2, 0.25) is 5.13 Å². The monoisotopic (exact) mass is 329 g/mol. The first-order valence-electron chi connectivity index (χ1n) is 6.24. The van der Waals surface area contributed by atoms with Crippen LogP contribution in [0.3, 0.4) is 0 Å². The quantitative estimate of drug-likeness (QED) is 0.610. The largest absolute Gasteiger partial charge is 0.493 e. The van der Waals surface area contributed by atoms with Gasteiger partial charge in [-0.15, -0.1) is 10.2 Å². The second-order valence-corrected chi connectivity index (χ2v) is 7.08. The highest BCUT2D eigenvalue weighted by atomic mass is 35.5. The first-order valence-corrected chi connectivity index (χ1v) is 8.42. The number of thioether (sulfide) groups is 1. The number of ether oxygens (including phenoxy) is 1. The van der Waals surface area contributed by atoms with Crippen LogP contribution in [0.1, 0.15) is 13.8 Å². The fourth-order valence-electron chi connectivity index (χ4n) is 1.39. The molecule has 7 heteroatoms. The van der Waals surface area contributed by atoms with Crippen molar-refractivity contribution in [1.29, 1.82) is 0 Å². The molecule has 0 aliphatic rings. The van der Waals surface area contributed by atoms with Gasteiger partial charge >= 0.3 is 0 Å². The SMILES string of the molecule is CC(C)Nc1nnc(SCCOc2ccc(Cl)cc2)s1. The van der Waals surface area contributed by atoms with E-state index in [1.807, 2.05) is 24.3 Å². The van der Waals surface area contributed by atoms with Gasteiger partial charge in [-0.05, 0) is 38.1 Å². The number of nitrogens with zero attached hydrogens (tertiary/aromatic N) is 2. The van der Waals surface area contributed by atoms with Gasteiger partial charge in [0.05, 0.1) is 6.61 Å². The Morgan fingerprint density at radius 1 is 1.30 bits per heavy atom. The van der Waals surface area contributed by atoms with Crippen LogP contribution in [-0.2, 0) is 0 Å². The van der Waals surface area contributed by atoms with E-state index in [9.17, 15) is 0 Å². The molecule has 0 fully saturated rings. The number of benzene rings is 1. The third kappa shape index (κ3) is 5.19. The second-order valence-electron chi connectivity index (χ2n) is 4.32. The summed E-state index contributed by atoms with van der Waals surface area (Å²) in [6, 6.07) is 7.73. The summed E-state index contributed by atoms with van der Waals surface area (Å²) in [4.78, 5) is 0. The molecule has 4 nitrogen and oxygen atoms in total. The summed E-state index contributed by atoms with van der Waals surface area (Å²) in [5, 5.41) is 13.0. The lowest BCUT2D eigenvalue weighted by atomic mass is 10.3. The highest BCUT2D eigenvalue weighted by molar-refractivity contribution is 8.01. The Kier molecular flexibility index (Phi) is 5.94. The molecule has 0 saturated carbocycles. The molecule has 0 atom stereocenters. The summed E-state index contributed by atoms with van der Waals surface area (Å²) in [6.07, 6.45) is 0. The molecule has 0 spiro atoms. The minimum absolute atomic E-state index is 0.369. The topological polar surface area (TPSA) is 47.0 Å².